The molecular weight excluding hydrogens is 315 g/mol. The Morgan fingerprint density at radius 2 is 1.75 bits per heavy atom. The van der Waals surface area contributed by atoms with Crippen LogP contribution in [-0.2, 0) is 5.88 Å². The minimum absolute atomic E-state index is 0.334. The lowest BCUT2D eigenvalue weighted by molar-refractivity contribution is 0.334. The van der Waals surface area contributed by atoms with Gasteiger partial charge in [-0.1, -0.05) is 49.9 Å². The predicted octanol–water partition coefficient (Wildman–Crippen LogP) is 6.08. The molecule has 0 N–H and O–H groups in total. The number of halogens is 3. The van der Waals surface area contributed by atoms with E-state index >= 15 is 0 Å². The van der Waals surface area contributed by atoms with Gasteiger partial charge in [-0.2, -0.15) is 0 Å². The molecule has 0 spiro atoms. The van der Waals surface area contributed by atoms with E-state index in [1.165, 1.54) is 0 Å². The van der Waals surface area contributed by atoms with Gasteiger partial charge in [0, 0.05) is 6.04 Å². The summed E-state index contributed by atoms with van der Waals surface area (Å²) in [4.78, 5) is 4.59. The van der Waals surface area contributed by atoms with Crippen LogP contribution in [0.5, 0.6) is 0 Å². The first-order valence-electron chi connectivity index (χ1n) is 6.95. The van der Waals surface area contributed by atoms with Gasteiger partial charge in [-0.15, -0.1) is 11.6 Å². The molecule has 0 aliphatic carbocycles. The summed E-state index contributed by atoms with van der Waals surface area (Å²) in [5.41, 5.74) is 1.86. The van der Waals surface area contributed by atoms with Crippen molar-refractivity contribution >= 4 is 45.8 Å². The lowest BCUT2D eigenvalue weighted by Gasteiger charge is -2.25. The summed E-state index contributed by atoms with van der Waals surface area (Å²) in [6, 6.07) is 4.04. The van der Waals surface area contributed by atoms with Gasteiger partial charge in [0.15, 0.2) is 0 Å². The molecule has 2 nitrogen and oxygen atoms in total. The Hall–Kier alpha value is -0.440. The summed E-state index contributed by atoms with van der Waals surface area (Å²) >= 11 is 18.3. The molecule has 1 heterocycles. The van der Waals surface area contributed by atoms with Gasteiger partial charge in [0.2, 0.25) is 0 Å². The largest absolute Gasteiger partial charge is 0.324 e. The molecule has 0 radical (unpaired) electrons. The summed E-state index contributed by atoms with van der Waals surface area (Å²) in [5.74, 6) is 1.84. The highest BCUT2D eigenvalue weighted by Gasteiger charge is 2.21. The Kier molecular flexibility index (Phi) is 5.22. The summed E-state index contributed by atoms with van der Waals surface area (Å²) < 4.78 is 2.21. The van der Waals surface area contributed by atoms with Gasteiger partial charge in [0.05, 0.1) is 27.0 Å². The first-order valence-corrected chi connectivity index (χ1v) is 8.24. The molecule has 0 fully saturated rings. The third kappa shape index (κ3) is 2.79. The molecular formula is C15H19Cl3N2. The van der Waals surface area contributed by atoms with Crippen LogP contribution in [0.1, 0.15) is 45.5 Å². The number of rotatable bonds is 5. The van der Waals surface area contributed by atoms with E-state index in [0.29, 0.717) is 27.9 Å². The number of hydrogen-bond donors (Lipinski definition) is 0. The second-order valence-electron chi connectivity index (χ2n) is 5.10. The SMILES string of the molecule is CCC(CC)C(C)n1c(CCl)nc2cc(Cl)c(Cl)cc21. The summed E-state index contributed by atoms with van der Waals surface area (Å²) in [6.07, 6.45) is 2.25. The van der Waals surface area contributed by atoms with Gasteiger partial charge >= 0.3 is 0 Å². The molecule has 1 aromatic heterocycles. The Balaban J connectivity index is 2.63. The molecule has 5 heteroatoms. The van der Waals surface area contributed by atoms with Crippen molar-refractivity contribution in [3.63, 3.8) is 0 Å². The third-order valence-corrected chi connectivity index (χ3v) is 5.02. The Labute approximate surface area is 135 Å². The lowest BCUT2D eigenvalue weighted by atomic mass is 9.95. The molecule has 0 aliphatic rings. The van der Waals surface area contributed by atoms with E-state index in [1.54, 1.807) is 0 Å². The Morgan fingerprint density at radius 3 is 2.30 bits per heavy atom. The summed E-state index contributed by atoms with van der Waals surface area (Å²) in [5, 5.41) is 1.08. The van der Waals surface area contributed by atoms with E-state index in [1.807, 2.05) is 12.1 Å². The number of hydrogen-bond acceptors (Lipinski definition) is 1. The molecule has 1 aromatic carbocycles. The van der Waals surface area contributed by atoms with E-state index in [0.717, 1.165) is 29.7 Å². The number of aromatic nitrogens is 2. The predicted molar refractivity (Wildman–Crippen MR) is 88.1 cm³/mol. The fraction of sp³-hybridized carbons (Fsp3) is 0.533. The minimum Gasteiger partial charge on any atom is -0.324 e. The van der Waals surface area contributed by atoms with Crippen LogP contribution in [0.3, 0.4) is 0 Å². The van der Waals surface area contributed by atoms with Crippen molar-refractivity contribution in [3.8, 4) is 0 Å². The van der Waals surface area contributed by atoms with E-state index in [-0.39, 0.29) is 0 Å². The van der Waals surface area contributed by atoms with Gasteiger partial charge in [0.1, 0.15) is 5.82 Å². The molecule has 0 saturated heterocycles. The zero-order chi connectivity index (χ0) is 14.9. The molecule has 1 unspecified atom stereocenters. The maximum Gasteiger partial charge on any atom is 0.125 e. The van der Waals surface area contributed by atoms with Gasteiger partial charge in [-0.3, -0.25) is 0 Å². The third-order valence-electron chi connectivity index (χ3n) is 4.06. The second kappa shape index (κ2) is 6.55. The van der Waals surface area contributed by atoms with Gasteiger partial charge < -0.3 is 4.57 Å². The average molecular weight is 334 g/mol. The van der Waals surface area contributed by atoms with Gasteiger partial charge in [-0.25, -0.2) is 4.98 Å². The molecule has 0 amide bonds. The fourth-order valence-corrected chi connectivity index (χ4v) is 3.38. The molecule has 110 valence electrons. The molecule has 2 rings (SSSR count). The van der Waals surface area contributed by atoms with E-state index < -0.39 is 0 Å². The van der Waals surface area contributed by atoms with Crippen molar-refractivity contribution in [3.05, 3.63) is 28.0 Å². The van der Waals surface area contributed by atoms with Crippen molar-refractivity contribution in [1.82, 2.24) is 9.55 Å². The molecule has 0 aliphatic heterocycles. The number of alkyl halides is 1. The highest BCUT2D eigenvalue weighted by molar-refractivity contribution is 6.42. The van der Waals surface area contributed by atoms with Gasteiger partial charge in [0.25, 0.3) is 0 Å². The van der Waals surface area contributed by atoms with Crippen molar-refractivity contribution < 1.29 is 0 Å². The Bertz CT molecular complexity index is 603. The van der Waals surface area contributed by atoms with Crippen LogP contribution in [0.25, 0.3) is 11.0 Å². The summed E-state index contributed by atoms with van der Waals surface area (Å²) in [6.45, 7) is 6.65. The smallest absolute Gasteiger partial charge is 0.125 e. The molecule has 20 heavy (non-hydrogen) atoms. The fourth-order valence-electron chi connectivity index (χ4n) is 2.87. The number of fused-ring (bicyclic) bond motifs is 1. The van der Waals surface area contributed by atoms with E-state index in [9.17, 15) is 0 Å². The van der Waals surface area contributed by atoms with Crippen LogP contribution in [0.4, 0.5) is 0 Å². The first-order chi connectivity index (χ1) is 9.53. The second-order valence-corrected chi connectivity index (χ2v) is 6.19. The highest BCUT2D eigenvalue weighted by atomic mass is 35.5. The van der Waals surface area contributed by atoms with Crippen molar-refractivity contribution in [2.45, 2.75) is 45.5 Å². The standard InChI is InChI=1S/C15H19Cl3N2/c1-4-10(5-2)9(3)20-14-7-12(18)11(17)6-13(14)19-15(20)8-16/h6-7,9-10H,4-5,8H2,1-3H3. The highest BCUT2D eigenvalue weighted by Crippen LogP contribution is 2.34. The van der Waals surface area contributed by atoms with Crippen LogP contribution >= 0.6 is 34.8 Å². The van der Waals surface area contributed by atoms with Crippen molar-refractivity contribution in [2.75, 3.05) is 0 Å². The Morgan fingerprint density at radius 1 is 1.15 bits per heavy atom. The quantitative estimate of drug-likeness (QED) is 0.606. The van der Waals surface area contributed by atoms with Gasteiger partial charge in [-0.05, 0) is 25.0 Å². The van der Waals surface area contributed by atoms with Crippen LogP contribution in [0.15, 0.2) is 12.1 Å². The van der Waals surface area contributed by atoms with E-state index in [4.69, 9.17) is 34.8 Å². The number of benzene rings is 1. The summed E-state index contributed by atoms with van der Waals surface area (Å²) in [7, 11) is 0. The van der Waals surface area contributed by atoms with Crippen LogP contribution < -0.4 is 0 Å². The van der Waals surface area contributed by atoms with Crippen LogP contribution in [-0.4, -0.2) is 9.55 Å². The van der Waals surface area contributed by atoms with Crippen LogP contribution in [0.2, 0.25) is 10.0 Å². The van der Waals surface area contributed by atoms with E-state index in [2.05, 4.69) is 30.3 Å². The normalized spacial score (nSPS) is 13.3. The topological polar surface area (TPSA) is 17.8 Å². The average Bonchev–Trinajstić information content (AvgIpc) is 2.78. The molecule has 0 saturated carbocycles. The molecule has 0 bridgehead atoms. The number of nitrogens with zero attached hydrogens (tertiary/aromatic N) is 2. The number of imidazole rings is 1. The lowest BCUT2D eigenvalue weighted by Crippen LogP contribution is -2.17. The molecule has 2 aromatic rings. The maximum atomic E-state index is 6.16. The van der Waals surface area contributed by atoms with Crippen LogP contribution in [0, 0.1) is 5.92 Å². The zero-order valence-corrected chi connectivity index (χ0v) is 14.2. The van der Waals surface area contributed by atoms with Crippen molar-refractivity contribution in [2.24, 2.45) is 5.92 Å². The van der Waals surface area contributed by atoms with Crippen molar-refractivity contribution in [1.29, 1.82) is 0 Å². The zero-order valence-electron chi connectivity index (χ0n) is 12.0. The monoisotopic (exact) mass is 332 g/mol. The minimum atomic E-state index is 0.334. The molecule has 1 atom stereocenters. The maximum absolute atomic E-state index is 6.16. The first kappa shape index (κ1) is 15.9.